The maximum absolute atomic E-state index is 12.4. The number of hydrogen-bond acceptors (Lipinski definition) is 4. The highest BCUT2D eigenvalue weighted by molar-refractivity contribution is 5.77. The SMILES string of the molecule is CCOC(=O)N1CCN(C(=O)CC2CCCCN2C)CC1. The molecule has 2 saturated heterocycles. The van der Waals surface area contributed by atoms with Gasteiger partial charge in [0.25, 0.3) is 0 Å². The van der Waals surface area contributed by atoms with Crippen LogP contribution in [0, 0.1) is 0 Å². The second-order valence-corrected chi connectivity index (χ2v) is 5.90. The molecule has 6 heteroatoms. The number of piperidine rings is 1. The maximum atomic E-state index is 12.4. The van der Waals surface area contributed by atoms with Gasteiger partial charge < -0.3 is 19.4 Å². The molecular weight excluding hydrogens is 270 g/mol. The molecule has 21 heavy (non-hydrogen) atoms. The van der Waals surface area contributed by atoms with Crippen LogP contribution in [0.15, 0.2) is 0 Å². The average molecular weight is 297 g/mol. The first-order valence-corrected chi connectivity index (χ1v) is 8.01. The molecule has 2 fully saturated rings. The molecule has 0 bridgehead atoms. The summed E-state index contributed by atoms with van der Waals surface area (Å²) in [6.07, 6.45) is 3.91. The molecule has 2 heterocycles. The molecule has 0 aromatic carbocycles. The van der Waals surface area contributed by atoms with Crippen molar-refractivity contribution < 1.29 is 14.3 Å². The average Bonchev–Trinajstić information content (AvgIpc) is 2.50. The van der Waals surface area contributed by atoms with Crippen LogP contribution in [0.5, 0.6) is 0 Å². The van der Waals surface area contributed by atoms with Gasteiger partial charge >= 0.3 is 6.09 Å². The monoisotopic (exact) mass is 297 g/mol. The predicted octanol–water partition coefficient (Wildman–Crippen LogP) is 1.16. The normalized spacial score (nSPS) is 24.0. The molecule has 0 aromatic heterocycles. The minimum absolute atomic E-state index is 0.220. The van der Waals surface area contributed by atoms with Gasteiger partial charge in [0.2, 0.25) is 5.91 Å². The van der Waals surface area contributed by atoms with E-state index in [1.54, 1.807) is 11.8 Å². The van der Waals surface area contributed by atoms with Crippen molar-refractivity contribution >= 4 is 12.0 Å². The number of carbonyl (C=O) groups is 2. The summed E-state index contributed by atoms with van der Waals surface area (Å²) in [4.78, 5) is 29.9. The van der Waals surface area contributed by atoms with Gasteiger partial charge in [0.05, 0.1) is 6.61 Å². The first kappa shape index (κ1) is 16.1. The number of likely N-dealkylation sites (tertiary alicyclic amines) is 1. The summed E-state index contributed by atoms with van der Waals surface area (Å²) in [6, 6.07) is 0.384. The van der Waals surface area contributed by atoms with Gasteiger partial charge in [0.1, 0.15) is 0 Å². The summed E-state index contributed by atoms with van der Waals surface area (Å²) in [5, 5.41) is 0. The third-order valence-electron chi connectivity index (χ3n) is 4.49. The standard InChI is InChI=1S/C15H27N3O3/c1-3-21-15(20)18-10-8-17(9-11-18)14(19)12-13-6-4-5-7-16(13)2/h13H,3-12H2,1-2H3. The molecule has 1 unspecified atom stereocenters. The van der Waals surface area contributed by atoms with Gasteiger partial charge in [-0.25, -0.2) is 4.79 Å². The van der Waals surface area contributed by atoms with Gasteiger partial charge in [-0.3, -0.25) is 4.79 Å². The second kappa shape index (κ2) is 7.64. The molecular formula is C15H27N3O3. The minimum Gasteiger partial charge on any atom is -0.450 e. The van der Waals surface area contributed by atoms with Crippen molar-refractivity contribution in [2.45, 2.75) is 38.6 Å². The molecule has 0 aromatic rings. The predicted molar refractivity (Wildman–Crippen MR) is 80.1 cm³/mol. The van der Waals surface area contributed by atoms with Gasteiger partial charge in [-0.1, -0.05) is 6.42 Å². The lowest BCUT2D eigenvalue weighted by Gasteiger charge is -2.37. The molecule has 0 N–H and O–H groups in total. The van der Waals surface area contributed by atoms with E-state index in [1.807, 2.05) is 4.90 Å². The topological polar surface area (TPSA) is 53.1 Å². The van der Waals surface area contributed by atoms with Crippen molar-refractivity contribution in [1.82, 2.24) is 14.7 Å². The summed E-state index contributed by atoms with van der Waals surface area (Å²) in [6.45, 7) is 5.68. The lowest BCUT2D eigenvalue weighted by Crippen LogP contribution is -2.52. The molecule has 0 aliphatic carbocycles. The van der Waals surface area contributed by atoms with E-state index < -0.39 is 0 Å². The van der Waals surface area contributed by atoms with Crippen LogP contribution in [-0.4, -0.2) is 79.1 Å². The van der Waals surface area contributed by atoms with Gasteiger partial charge in [0.15, 0.2) is 0 Å². The molecule has 2 rings (SSSR count). The highest BCUT2D eigenvalue weighted by Crippen LogP contribution is 2.19. The molecule has 0 saturated carbocycles. The summed E-state index contributed by atoms with van der Waals surface area (Å²) in [5.74, 6) is 0.220. The number of carbonyl (C=O) groups excluding carboxylic acids is 2. The Morgan fingerprint density at radius 1 is 1.05 bits per heavy atom. The van der Waals surface area contributed by atoms with Crippen molar-refractivity contribution in [3.63, 3.8) is 0 Å². The number of rotatable bonds is 3. The van der Waals surface area contributed by atoms with Crippen LogP contribution in [0.1, 0.15) is 32.6 Å². The van der Waals surface area contributed by atoms with Crippen molar-refractivity contribution in [2.24, 2.45) is 0 Å². The van der Waals surface area contributed by atoms with E-state index in [1.165, 1.54) is 12.8 Å². The summed E-state index contributed by atoms with van der Waals surface area (Å²) >= 11 is 0. The molecule has 120 valence electrons. The van der Waals surface area contributed by atoms with Crippen LogP contribution in [0.4, 0.5) is 4.79 Å². The van der Waals surface area contributed by atoms with Crippen molar-refractivity contribution in [3.05, 3.63) is 0 Å². The van der Waals surface area contributed by atoms with E-state index in [-0.39, 0.29) is 12.0 Å². The quantitative estimate of drug-likeness (QED) is 0.784. The molecule has 6 nitrogen and oxygen atoms in total. The van der Waals surface area contributed by atoms with Crippen LogP contribution in [0.3, 0.4) is 0 Å². The molecule has 2 amide bonds. The number of hydrogen-bond donors (Lipinski definition) is 0. The first-order chi connectivity index (χ1) is 10.1. The Kier molecular flexibility index (Phi) is 5.85. The highest BCUT2D eigenvalue weighted by atomic mass is 16.6. The van der Waals surface area contributed by atoms with Crippen LogP contribution >= 0.6 is 0 Å². The van der Waals surface area contributed by atoms with E-state index in [4.69, 9.17) is 4.74 Å². The Balaban J connectivity index is 1.76. The maximum Gasteiger partial charge on any atom is 0.409 e. The molecule has 0 radical (unpaired) electrons. The fraction of sp³-hybridized carbons (Fsp3) is 0.867. The second-order valence-electron chi connectivity index (χ2n) is 5.90. The lowest BCUT2D eigenvalue weighted by molar-refractivity contribution is -0.134. The van der Waals surface area contributed by atoms with Crippen LogP contribution < -0.4 is 0 Å². The zero-order valence-corrected chi connectivity index (χ0v) is 13.2. The molecule has 2 aliphatic rings. The molecule has 2 aliphatic heterocycles. The van der Waals surface area contributed by atoms with Crippen molar-refractivity contribution in [1.29, 1.82) is 0 Å². The first-order valence-electron chi connectivity index (χ1n) is 8.01. The van der Waals surface area contributed by atoms with Gasteiger partial charge in [0, 0.05) is 38.6 Å². The Morgan fingerprint density at radius 3 is 2.33 bits per heavy atom. The Hall–Kier alpha value is -1.30. The minimum atomic E-state index is -0.267. The Labute approximate surface area is 127 Å². The van der Waals surface area contributed by atoms with Crippen LogP contribution in [-0.2, 0) is 9.53 Å². The summed E-state index contributed by atoms with van der Waals surface area (Å²) < 4.78 is 4.99. The highest BCUT2D eigenvalue weighted by Gasteiger charge is 2.28. The van der Waals surface area contributed by atoms with E-state index >= 15 is 0 Å². The summed E-state index contributed by atoms with van der Waals surface area (Å²) in [5.41, 5.74) is 0. The van der Waals surface area contributed by atoms with E-state index in [9.17, 15) is 9.59 Å². The Morgan fingerprint density at radius 2 is 1.71 bits per heavy atom. The fourth-order valence-electron chi connectivity index (χ4n) is 3.09. The van der Waals surface area contributed by atoms with Crippen LogP contribution in [0.2, 0.25) is 0 Å². The third kappa shape index (κ3) is 4.33. The fourth-order valence-corrected chi connectivity index (χ4v) is 3.09. The Bertz CT molecular complexity index is 367. The van der Waals surface area contributed by atoms with Crippen molar-refractivity contribution in [3.8, 4) is 0 Å². The van der Waals surface area contributed by atoms with Crippen LogP contribution in [0.25, 0.3) is 0 Å². The zero-order valence-electron chi connectivity index (χ0n) is 13.2. The van der Waals surface area contributed by atoms with E-state index in [0.29, 0.717) is 45.2 Å². The van der Waals surface area contributed by atoms with Gasteiger partial charge in [-0.15, -0.1) is 0 Å². The van der Waals surface area contributed by atoms with E-state index in [0.717, 1.165) is 13.0 Å². The zero-order chi connectivity index (χ0) is 15.2. The third-order valence-corrected chi connectivity index (χ3v) is 4.49. The van der Waals surface area contributed by atoms with Crippen molar-refractivity contribution in [2.75, 3.05) is 46.4 Å². The number of amides is 2. The number of piperazine rings is 1. The number of nitrogens with zero attached hydrogens (tertiary/aromatic N) is 3. The molecule has 0 spiro atoms. The summed E-state index contributed by atoms with van der Waals surface area (Å²) in [7, 11) is 2.11. The largest absolute Gasteiger partial charge is 0.450 e. The molecule has 1 atom stereocenters. The van der Waals surface area contributed by atoms with Gasteiger partial charge in [-0.05, 0) is 33.4 Å². The smallest absolute Gasteiger partial charge is 0.409 e. The number of ether oxygens (including phenoxy) is 1. The van der Waals surface area contributed by atoms with E-state index in [2.05, 4.69) is 11.9 Å². The van der Waals surface area contributed by atoms with Gasteiger partial charge in [-0.2, -0.15) is 0 Å². The lowest BCUT2D eigenvalue weighted by atomic mass is 9.99.